The van der Waals surface area contributed by atoms with Gasteiger partial charge in [0.1, 0.15) is 5.82 Å². The molecule has 0 unspecified atom stereocenters. The number of aromatic nitrogens is 2. The normalized spacial score (nSPS) is 14.0. The van der Waals surface area contributed by atoms with Gasteiger partial charge in [0.05, 0.1) is 0 Å². The van der Waals surface area contributed by atoms with Crippen LogP contribution in [0.2, 0.25) is 5.02 Å². The Morgan fingerprint density at radius 3 is 2.58 bits per heavy atom. The standard InChI is InChI=1S/C21H27ClN4/c1-16-15-20(23-13-11-17-5-3-2-4-6-17)26-21(25-16)24-14-12-18-7-9-19(22)10-8-18/h5,7-10,15H,2-4,6,11-14H2,1H3,(H2,23,24,25,26). The van der Waals surface area contributed by atoms with Crippen molar-refractivity contribution in [2.45, 2.75) is 45.4 Å². The van der Waals surface area contributed by atoms with Crippen molar-refractivity contribution < 1.29 is 0 Å². The van der Waals surface area contributed by atoms with Crippen molar-refractivity contribution in [1.82, 2.24) is 9.97 Å². The van der Waals surface area contributed by atoms with E-state index in [0.29, 0.717) is 5.95 Å². The number of rotatable bonds is 8. The first-order valence-corrected chi connectivity index (χ1v) is 9.82. The zero-order valence-corrected chi connectivity index (χ0v) is 16.1. The van der Waals surface area contributed by atoms with E-state index in [1.807, 2.05) is 37.3 Å². The van der Waals surface area contributed by atoms with E-state index in [9.17, 15) is 0 Å². The number of nitrogens with one attached hydrogen (secondary N) is 2. The van der Waals surface area contributed by atoms with Crippen LogP contribution in [0.15, 0.2) is 42.0 Å². The van der Waals surface area contributed by atoms with E-state index in [-0.39, 0.29) is 0 Å². The summed E-state index contributed by atoms with van der Waals surface area (Å²) in [5, 5.41) is 7.53. The molecular weight excluding hydrogens is 344 g/mol. The van der Waals surface area contributed by atoms with Crippen LogP contribution in [0.3, 0.4) is 0 Å². The number of halogens is 1. The van der Waals surface area contributed by atoms with E-state index in [1.165, 1.54) is 31.2 Å². The highest BCUT2D eigenvalue weighted by molar-refractivity contribution is 6.30. The summed E-state index contributed by atoms with van der Waals surface area (Å²) in [5.41, 5.74) is 3.79. The monoisotopic (exact) mass is 370 g/mol. The van der Waals surface area contributed by atoms with Crippen LogP contribution < -0.4 is 10.6 Å². The molecule has 0 bridgehead atoms. The van der Waals surface area contributed by atoms with Crippen molar-refractivity contribution >= 4 is 23.4 Å². The van der Waals surface area contributed by atoms with Crippen LogP contribution in [-0.4, -0.2) is 23.1 Å². The summed E-state index contributed by atoms with van der Waals surface area (Å²) in [6, 6.07) is 9.94. The summed E-state index contributed by atoms with van der Waals surface area (Å²) in [6.07, 6.45) is 9.58. The second-order valence-electron chi connectivity index (χ2n) is 6.81. The Bertz CT molecular complexity index is 740. The SMILES string of the molecule is Cc1cc(NCCC2=CCCCC2)nc(NCCc2ccc(Cl)cc2)n1. The first-order valence-electron chi connectivity index (χ1n) is 9.45. The third-order valence-electron chi connectivity index (χ3n) is 4.60. The Labute approximate surface area is 161 Å². The molecule has 1 aromatic heterocycles. The predicted molar refractivity (Wildman–Crippen MR) is 110 cm³/mol. The molecule has 2 aromatic rings. The Kier molecular flexibility index (Phi) is 6.89. The van der Waals surface area contributed by atoms with E-state index in [4.69, 9.17) is 11.6 Å². The Hall–Kier alpha value is -2.07. The van der Waals surface area contributed by atoms with Crippen LogP contribution in [0.5, 0.6) is 0 Å². The summed E-state index contributed by atoms with van der Waals surface area (Å²) in [6.45, 7) is 3.71. The minimum Gasteiger partial charge on any atom is -0.370 e. The van der Waals surface area contributed by atoms with Gasteiger partial charge in [-0.2, -0.15) is 4.98 Å². The molecule has 0 saturated carbocycles. The summed E-state index contributed by atoms with van der Waals surface area (Å²) < 4.78 is 0. The maximum Gasteiger partial charge on any atom is 0.224 e. The van der Waals surface area contributed by atoms with Crippen molar-refractivity contribution in [1.29, 1.82) is 0 Å². The van der Waals surface area contributed by atoms with Crippen LogP contribution in [0, 0.1) is 6.92 Å². The molecule has 0 atom stereocenters. The molecule has 0 amide bonds. The molecule has 1 aliphatic carbocycles. The lowest BCUT2D eigenvalue weighted by atomic mass is 9.97. The molecule has 0 saturated heterocycles. The van der Waals surface area contributed by atoms with E-state index in [1.54, 1.807) is 5.57 Å². The molecule has 0 aliphatic heterocycles. The van der Waals surface area contributed by atoms with Crippen molar-refractivity contribution in [3.63, 3.8) is 0 Å². The van der Waals surface area contributed by atoms with Crippen LogP contribution in [0.4, 0.5) is 11.8 Å². The van der Waals surface area contributed by atoms with E-state index >= 15 is 0 Å². The average molecular weight is 371 g/mol. The molecule has 26 heavy (non-hydrogen) atoms. The summed E-state index contributed by atoms with van der Waals surface area (Å²) in [7, 11) is 0. The third kappa shape index (κ3) is 6.03. The highest BCUT2D eigenvalue weighted by atomic mass is 35.5. The molecule has 1 heterocycles. The molecule has 0 fully saturated rings. The van der Waals surface area contributed by atoms with Crippen LogP contribution >= 0.6 is 11.6 Å². The Morgan fingerprint density at radius 1 is 1.00 bits per heavy atom. The van der Waals surface area contributed by atoms with Gasteiger partial charge in [-0.3, -0.25) is 0 Å². The van der Waals surface area contributed by atoms with Crippen molar-refractivity contribution in [3.05, 3.63) is 58.3 Å². The lowest BCUT2D eigenvalue weighted by Crippen LogP contribution is -2.11. The van der Waals surface area contributed by atoms with Gasteiger partial charge < -0.3 is 10.6 Å². The number of anilines is 2. The Balaban J connectivity index is 1.48. The van der Waals surface area contributed by atoms with E-state index in [2.05, 4.69) is 26.7 Å². The number of benzene rings is 1. The highest BCUT2D eigenvalue weighted by Gasteiger charge is 2.05. The topological polar surface area (TPSA) is 49.8 Å². The van der Waals surface area contributed by atoms with Gasteiger partial charge in [0, 0.05) is 29.9 Å². The highest BCUT2D eigenvalue weighted by Crippen LogP contribution is 2.20. The minimum atomic E-state index is 0.679. The number of aryl methyl sites for hydroxylation is 1. The number of nitrogens with zero attached hydrogens (tertiary/aromatic N) is 2. The lowest BCUT2D eigenvalue weighted by Gasteiger charge is -2.14. The summed E-state index contributed by atoms with van der Waals surface area (Å²) in [4.78, 5) is 9.07. The van der Waals surface area contributed by atoms with Gasteiger partial charge in [-0.15, -0.1) is 0 Å². The third-order valence-corrected chi connectivity index (χ3v) is 4.85. The second kappa shape index (κ2) is 9.58. The molecule has 1 aliphatic rings. The largest absolute Gasteiger partial charge is 0.370 e. The van der Waals surface area contributed by atoms with Crippen LogP contribution in [0.1, 0.15) is 43.4 Å². The van der Waals surface area contributed by atoms with Crippen molar-refractivity contribution in [3.8, 4) is 0 Å². The molecule has 0 radical (unpaired) electrons. The van der Waals surface area contributed by atoms with E-state index in [0.717, 1.165) is 42.5 Å². The van der Waals surface area contributed by atoms with Crippen LogP contribution in [-0.2, 0) is 6.42 Å². The lowest BCUT2D eigenvalue weighted by molar-refractivity contribution is 0.679. The molecule has 4 nitrogen and oxygen atoms in total. The van der Waals surface area contributed by atoms with Gasteiger partial charge in [0.25, 0.3) is 0 Å². The number of hydrogen-bond donors (Lipinski definition) is 2. The van der Waals surface area contributed by atoms with Gasteiger partial charge in [-0.05, 0) is 63.1 Å². The smallest absolute Gasteiger partial charge is 0.224 e. The number of hydrogen-bond acceptors (Lipinski definition) is 4. The average Bonchev–Trinajstić information content (AvgIpc) is 2.64. The maximum atomic E-state index is 5.92. The van der Waals surface area contributed by atoms with Gasteiger partial charge in [0.15, 0.2) is 0 Å². The fourth-order valence-electron chi connectivity index (χ4n) is 3.19. The molecule has 0 spiro atoms. The molecule has 1 aromatic carbocycles. The molecule has 138 valence electrons. The van der Waals surface area contributed by atoms with Gasteiger partial charge >= 0.3 is 0 Å². The maximum absolute atomic E-state index is 5.92. The first-order chi connectivity index (χ1) is 12.7. The fourth-order valence-corrected chi connectivity index (χ4v) is 3.32. The molecule has 2 N–H and O–H groups in total. The van der Waals surface area contributed by atoms with E-state index < -0.39 is 0 Å². The number of allylic oxidation sites excluding steroid dienone is 1. The van der Waals surface area contributed by atoms with Crippen molar-refractivity contribution in [2.24, 2.45) is 0 Å². The Morgan fingerprint density at radius 2 is 1.81 bits per heavy atom. The van der Waals surface area contributed by atoms with Gasteiger partial charge in [0.2, 0.25) is 5.95 Å². The second-order valence-corrected chi connectivity index (χ2v) is 7.24. The zero-order chi connectivity index (χ0) is 18.2. The fraction of sp³-hybridized carbons (Fsp3) is 0.429. The van der Waals surface area contributed by atoms with Gasteiger partial charge in [-0.25, -0.2) is 4.98 Å². The van der Waals surface area contributed by atoms with Crippen molar-refractivity contribution in [2.75, 3.05) is 23.7 Å². The first kappa shape index (κ1) is 18.7. The zero-order valence-electron chi connectivity index (χ0n) is 15.4. The molecule has 3 rings (SSSR count). The molecule has 5 heteroatoms. The minimum absolute atomic E-state index is 0.679. The van der Waals surface area contributed by atoms with Gasteiger partial charge in [-0.1, -0.05) is 35.4 Å². The molecular formula is C21H27ClN4. The van der Waals surface area contributed by atoms with Crippen LogP contribution in [0.25, 0.3) is 0 Å². The summed E-state index contributed by atoms with van der Waals surface area (Å²) >= 11 is 5.92. The quantitative estimate of drug-likeness (QED) is 0.611. The summed E-state index contributed by atoms with van der Waals surface area (Å²) in [5.74, 6) is 1.57. The predicted octanol–water partition coefficient (Wildman–Crippen LogP) is 5.40.